The average Bonchev–Trinajstić information content (AvgIpc) is 3.08. The number of imidazole rings is 1. The monoisotopic (exact) mass is 326 g/mol. The minimum Gasteiger partial charge on any atom is -0.324 e. The summed E-state index contributed by atoms with van der Waals surface area (Å²) in [5.74, 6) is 1.78. The number of alkyl halides is 1. The second-order valence-electron chi connectivity index (χ2n) is 5.17. The van der Waals surface area contributed by atoms with E-state index in [0.29, 0.717) is 6.04 Å². The fourth-order valence-electron chi connectivity index (χ4n) is 2.59. The van der Waals surface area contributed by atoms with E-state index in [1.165, 1.54) is 18.4 Å². The molecule has 3 rings (SSSR count). The van der Waals surface area contributed by atoms with Gasteiger partial charge in [0.05, 0.1) is 16.4 Å². The van der Waals surface area contributed by atoms with Gasteiger partial charge < -0.3 is 4.57 Å². The molecule has 1 aromatic heterocycles. The Morgan fingerprint density at radius 3 is 2.72 bits per heavy atom. The van der Waals surface area contributed by atoms with E-state index >= 15 is 0 Å². The number of benzene rings is 1. The van der Waals surface area contributed by atoms with Crippen LogP contribution in [0, 0.1) is 5.92 Å². The van der Waals surface area contributed by atoms with Crippen molar-refractivity contribution >= 4 is 38.6 Å². The Morgan fingerprint density at radius 1 is 1.39 bits per heavy atom. The van der Waals surface area contributed by atoms with Crippen molar-refractivity contribution in [3.8, 4) is 0 Å². The molecule has 0 spiro atoms. The Kier molecular flexibility index (Phi) is 3.15. The fourth-order valence-corrected chi connectivity index (χ4v) is 3.09. The van der Waals surface area contributed by atoms with E-state index in [9.17, 15) is 0 Å². The Hall–Kier alpha value is -0.540. The van der Waals surface area contributed by atoms with Gasteiger partial charge >= 0.3 is 0 Å². The molecule has 2 atom stereocenters. The van der Waals surface area contributed by atoms with Gasteiger partial charge in [-0.25, -0.2) is 4.98 Å². The standard InChI is InChI=1S/C14H16BrClN2/c1-8(16)14-17-12-7-11(15)5-6-13(12)18(14)9(2)10-3-4-10/h5-10H,3-4H2,1-2H3. The molecule has 0 aliphatic heterocycles. The molecule has 1 saturated carbocycles. The van der Waals surface area contributed by atoms with Crippen molar-refractivity contribution < 1.29 is 0 Å². The lowest BCUT2D eigenvalue weighted by molar-refractivity contribution is 0.480. The summed E-state index contributed by atoms with van der Waals surface area (Å²) >= 11 is 9.79. The average molecular weight is 328 g/mol. The van der Waals surface area contributed by atoms with Crippen LogP contribution in [0.2, 0.25) is 0 Å². The molecule has 1 heterocycles. The molecule has 0 saturated heterocycles. The quantitative estimate of drug-likeness (QED) is 0.720. The molecule has 2 unspecified atom stereocenters. The van der Waals surface area contributed by atoms with Crippen molar-refractivity contribution in [3.63, 3.8) is 0 Å². The van der Waals surface area contributed by atoms with Crippen LogP contribution in [0.15, 0.2) is 22.7 Å². The zero-order chi connectivity index (χ0) is 12.9. The summed E-state index contributed by atoms with van der Waals surface area (Å²) in [6.45, 7) is 4.28. The summed E-state index contributed by atoms with van der Waals surface area (Å²) in [4.78, 5) is 4.71. The summed E-state index contributed by atoms with van der Waals surface area (Å²) in [7, 11) is 0. The lowest BCUT2D eigenvalue weighted by Crippen LogP contribution is -2.11. The second-order valence-corrected chi connectivity index (χ2v) is 6.74. The summed E-state index contributed by atoms with van der Waals surface area (Å²) in [5, 5.41) is -0.0580. The van der Waals surface area contributed by atoms with Crippen LogP contribution in [0.1, 0.15) is 43.9 Å². The van der Waals surface area contributed by atoms with E-state index in [1.807, 2.05) is 6.92 Å². The number of rotatable bonds is 3. The molecule has 1 aliphatic carbocycles. The van der Waals surface area contributed by atoms with Gasteiger partial charge in [-0.05, 0) is 50.8 Å². The summed E-state index contributed by atoms with van der Waals surface area (Å²) in [6.07, 6.45) is 2.65. The summed E-state index contributed by atoms with van der Waals surface area (Å²) < 4.78 is 3.39. The van der Waals surface area contributed by atoms with Crippen LogP contribution in [0.25, 0.3) is 11.0 Å². The number of fused-ring (bicyclic) bond motifs is 1. The van der Waals surface area contributed by atoms with Crippen molar-refractivity contribution in [1.82, 2.24) is 9.55 Å². The van der Waals surface area contributed by atoms with Gasteiger partial charge in [0.1, 0.15) is 5.82 Å². The van der Waals surface area contributed by atoms with Crippen molar-refractivity contribution in [2.75, 3.05) is 0 Å². The summed E-state index contributed by atoms with van der Waals surface area (Å²) in [5.41, 5.74) is 2.22. The van der Waals surface area contributed by atoms with Crippen LogP contribution in [0.4, 0.5) is 0 Å². The number of hydrogen-bond donors (Lipinski definition) is 0. The molecule has 4 heteroatoms. The number of aromatic nitrogens is 2. The van der Waals surface area contributed by atoms with Gasteiger partial charge in [0.15, 0.2) is 0 Å². The third-order valence-corrected chi connectivity index (χ3v) is 4.43. The highest BCUT2D eigenvalue weighted by Crippen LogP contribution is 2.42. The lowest BCUT2D eigenvalue weighted by atomic mass is 10.2. The molecule has 2 aromatic rings. The number of hydrogen-bond acceptors (Lipinski definition) is 1. The van der Waals surface area contributed by atoms with E-state index in [0.717, 1.165) is 21.7 Å². The molecule has 1 aromatic carbocycles. The Bertz CT molecular complexity index is 587. The molecule has 1 fully saturated rings. The van der Waals surface area contributed by atoms with Crippen molar-refractivity contribution in [2.45, 2.75) is 38.1 Å². The number of nitrogens with zero attached hydrogens (tertiary/aromatic N) is 2. The smallest absolute Gasteiger partial charge is 0.127 e. The largest absolute Gasteiger partial charge is 0.324 e. The van der Waals surface area contributed by atoms with Crippen molar-refractivity contribution in [2.24, 2.45) is 5.92 Å². The first-order chi connectivity index (χ1) is 8.58. The molecule has 0 bridgehead atoms. The van der Waals surface area contributed by atoms with Crippen molar-refractivity contribution in [3.05, 3.63) is 28.5 Å². The molecule has 2 nitrogen and oxygen atoms in total. The lowest BCUT2D eigenvalue weighted by Gasteiger charge is -2.18. The zero-order valence-corrected chi connectivity index (χ0v) is 12.9. The predicted molar refractivity (Wildman–Crippen MR) is 79.1 cm³/mol. The molecular weight excluding hydrogens is 312 g/mol. The van der Waals surface area contributed by atoms with E-state index in [1.54, 1.807) is 0 Å². The zero-order valence-electron chi connectivity index (χ0n) is 10.5. The van der Waals surface area contributed by atoms with E-state index < -0.39 is 0 Å². The van der Waals surface area contributed by atoms with Gasteiger partial charge in [-0.3, -0.25) is 0 Å². The first-order valence-electron chi connectivity index (χ1n) is 6.39. The van der Waals surface area contributed by atoms with Gasteiger partial charge in [0.2, 0.25) is 0 Å². The topological polar surface area (TPSA) is 17.8 Å². The van der Waals surface area contributed by atoms with Crippen LogP contribution in [0.3, 0.4) is 0 Å². The molecule has 0 amide bonds. The molecular formula is C14H16BrClN2. The normalized spacial score (nSPS) is 19.1. The molecule has 1 aliphatic rings. The maximum atomic E-state index is 6.29. The van der Waals surface area contributed by atoms with Gasteiger partial charge in [-0.1, -0.05) is 15.9 Å². The van der Waals surface area contributed by atoms with Crippen molar-refractivity contribution in [1.29, 1.82) is 0 Å². The van der Waals surface area contributed by atoms with E-state index in [-0.39, 0.29) is 5.38 Å². The highest BCUT2D eigenvalue weighted by molar-refractivity contribution is 9.10. The molecule has 0 N–H and O–H groups in total. The summed E-state index contributed by atoms with van der Waals surface area (Å²) in [6, 6.07) is 6.76. The third kappa shape index (κ3) is 2.08. The predicted octanol–water partition coefficient (Wildman–Crippen LogP) is 5.07. The molecule has 96 valence electrons. The minimum absolute atomic E-state index is 0.0580. The van der Waals surface area contributed by atoms with Crippen LogP contribution in [-0.4, -0.2) is 9.55 Å². The van der Waals surface area contributed by atoms with Gasteiger partial charge in [0.25, 0.3) is 0 Å². The number of halogens is 2. The fraction of sp³-hybridized carbons (Fsp3) is 0.500. The maximum absolute atomic E-state index is 6.29. The van der Waals surface area contributed by atoms with Crippen LogP contribution in [-0.2, 0) is 0 Å². The first kappa shape index (κ1) is 12.5. The molecule has 18 heavy (non-hydrogen) atoms. The Morgan fingerprint density at radius 2 is 2.11 bits per heavy atom. The van der Waals surface area contributed by atoms with Gasteiger partial charge in [-0.2, -0.15) is 0 Å². The van der Waals surface area contributed by atoms with Crippen LogP contribution >= 0.6 is 27.5 Å². The van der Waals surface area contributed by atoms with Gasteiger partial charge in [0, 0.05) is 10.5 Å². The highest BCUT2D eigenvalue weighted by atomic mass is 79.9. The third-order valence-electron chi connectivity index (χ3n) is 3.75. The van der Waals surface area contributed by atoms with Crippen LogP contribution in [0.5, 0.6) is 0 Å². The highest BCUT2D eigenvalue weighted by Gasteiger charge is 2.32. The molecule has 0 radical (unpaired) electrons. The van der Waals surface area contributed by atoms with Crippen LogP contribution < -0.4 is 0 Å². The SMILES string of the molecule is CC(Cl)c1nc2cc(Br)ccc2n1C(C)C1CC1. The van der Waals surface area contributed by atoms with E-state index in [4.69, 9.17) is 16.6 Å². The maximum Gasteiger partial charge on any atom is 0.127 e. The van der Waals surface area contributed by atoms with Gasteiger partial charge in [-0.15, -0.1) is 11.6 Å². The Labute approximate surface area is 120 Å². The van der Waals surface area contributed by atoms with E-state index in [2.05, 4.69) is 45.6 Å². The Balaban J connectivity index is 2.21. The minimum atomic E-state index is -0.0580. The first-order valence-corrected chi connectivity index (χ1v) is 7.62. The second kappa shape index (κ2) is 4.53.